The molecular formula is C15H22NO6P. The van der Waals surface area contributed by atoms with E-state index in [0.717, 1.165) is 19.3 Å². The molecule has 0 radical (unpaired) electrons. The molecule has 1 aromatic rings. The summed E-state index contributed by atoms with van der Waals surface area (Å²) in [5.74, 6) is -0.225. The lowest BCUT2D eigenvalue weighted by Crippen LogP contribution is -2.37. The Hall–Kier alpha value is -1.69. The number of hydrogen-bond donors (Lipinski definition) is 3. The fraction of sp³-hybridized carbons (Fsp3) is 0.467. The molecule has 8 heteroatoms. The largest absolute Gasteiger partial charge is 0.524 e. The van der Waals surface area contributed by atoms with Crippen molar-refractivity contribution in [3.63, 3.8) is 0 Å². The number of rotatable bonds is 10. The van der Waals surface area contributed by atoms with Gasteiger partial charge in [0.05, 0.1) is 6.04 Å². The topological polar surface area (TPSA) is 113 Å². The minimum absolute atomic E-state index is 0.00656. The molecule has 0 spiro atoms. The van der Waals surface area contributed by atoms with Crippen molar-refractivity contribution in [1.29, 1.82) is 0 Å². The van der Waals surface area contributed by atoms with Gasteiger partial charge in [0.2, 0.25) is 5.91 Å². The fourth-order valence-electron chi connectivity index (χ4n) is 2.07. The first-order valence-electron chi connectivity index (χ1n) is 7.43. The third kappa shape index (κ3) is 7.93. The molecule has 1 unspecified atom stereocenters. The number of carbonyl (C=O) groups is 2. The van der Waals surface area contributed by atoms with Crippen molar-refractivity contribution in [2.45, 2.75) is 45.1 Å². The van der Waals surface area contributed by atoms with Gasteiger partial charge in [-0.3, -0.25) is 14.6 Å². The predicted octanol–water partition coefficient (Wildman–Crippen LogP) is 1.96. The standard InChI is InChI=1S/C15H22NO6P/c1-2-3-4-9-15(18)16-13(11-17)10-12-7-5-6-8-14(12)22-23(19,20)21/h5-8,11,13H,2-4,9-10H2,1H3,(H,16,18)(H2,19,20,21). The van der Waals surface area contributed by atoms with Crippen LogP contribution in [0, 0.1) is 0 Å². The summed E-state index contributed by atoms with van der Waals surface area (Å²) in [6, 6.07) is 5.44. The van der Waals surface area contributed by atoms with Crippen LogP contribution in [0.25, 0.3) is 0 Å². The second-order valence-corrected chi connectivity index (χ2v) is 6.32. The first kappa shape index (κ1) is 19.4. The monoisotopic (exact) mass is 343 g/mol. The molecular weight excluding hydrogens is 321 g/mol. The van der Waals surface area contributed by atoms with Crippen LogP contribution in [0.15, 0.2) is 24.3 Å². The zero-order valence-corrected chi connectivity index (χ0v) is 13.9. The first-order chi connectivity index (χ1) is 10.9. The van der Waals surface area contributed by atoms with Crippen molar-refractivity contribution in [3.8, 4) is 5.75 Å². The second kappa shape index (κ2) is 9.45. The number of benzene rings is 1. The number of aldehydes is 1. The number of phosphoric acid groups is 1. The molecule has 0 aliphatic heterocycles. The number of amides is 1. The van der Waals surface area contributed by atoms with Gasteiger partial charge in [-0.05, 0) is 18.1 Å². The summed E-state index contributed by atoms with van der Waals surface area (Å²) in [4.78, 5) is 40.7. The summed E-state index contributed by atoms with van der Waals surface area (Å²) < 4.78 is 15.6. The van der Waals surface area contributed by atoms with Gasteiger partial charge in [0.1, 0.15) is 12.0 Å². The van der Waals surface area contributed by atoms with E-state index in [0.29, 0.717) is 18.3 Å². The molecule has 0 aliphatic carbocycles. The number of hydrogen-bond acceptors (Lipinski definition) is 4. The molecule has 0 fully saturated rings. The third-order valence-corrected chi connectivity index (χ3v) is 3.58. The Morgan fingerprint density at radius 1 is 1.35 bits per heavy atom. The van der Waals surface area contributed by atoms with E-state index in [9.17, 15) is 14.2 Å². The van der Waals surface area contributed by atoms with Crippen molar-refractivity contribution in [2.24, 2.45) is 0 Å². The van der Waals surface area contributed by atoms with Crippen LogP contribution in [-0.2, 0) is 20.6 Å². The van der Waals surface area contributed by atoms with Crippen LogP contribution < -0.4 is 9.84 Å². The number of phosphoric ester groups is 1. The van der Waals surface area contributed by atoms with Crippen molar-refractivity contribution in [2.75, 3.05) is 0 Å². The molecule has 0 aliphatic rings. The molecule has 1 aromatic carbocycles. The Kier molecular flexibility index (Phi) is 7.95. The van der Waals surface area contributed by atoms with Gasteiger partial charge in [0, 0.05) is 12.8 Å². The summed E-state index contributed by atoms with van der Waals surface area (Å²) in [6.07, 6.45) is 3.74. The molecule has 23 heavy (non-hydrogen) atoms. The van der Waals surface area contributed by atoms with Gasteiger partial charge in [-0.15, -0.1) is 0 Å². The van der Waals surface area contributed by atoms with Gasteiger partial charge in [0.15, 0.2) is 0 Å². The molecule has 1 amide bonds. The molecule has 128 valence electrons. The maximum Gasteiger partial charge on any atom is 0.524 e. The van der Waals surface area contributed by atoms with Crippen molar-refractivity contribution in [1.82, 2.24) is 5.32 Å². The average Bonchev–Trinajstić information content (AvgIpc) is 2.47. The van der Waals surface area contributed by atoms with E-state index in [1.54, 1.807) is 18.2 Å². The maximum atomic E-state index is 11.8. The number of unbranched alkanes of at least 4 members (excludes halogenated alkanes) is 2. The quantitative estimate of drug-likeness (QED) is 0.340. The summed E-state index contributed by atoms with van der Waals surface area (Å²) in [6.45, 7) is 2.03. The normalized spacial score (nSPS) is 12.5. The first-order valence-corrected chi connectivity index (χ1v) is 8.96. The van der Waals surface area contributed by atoms with Gasteiger partial charge >= 0.3 is 7.82 Å². The summed E-state index contributed by atoms with van der Waals surface area (Å²) in [5.41, 5.74) is 0.432. The van der Waals surface area contributed by atoms with E-state index >= 15 is 0 Å². The number of carbonyl (C=O) groups excluding carboxylic acids is 2. The lowest BCUT2D eigenvalue weighted by molar-refractivity contribution is -0.124. The Balaban J connectivity index is 2.70. The van der Waals surface area contributed by atoms with E-state index in [1.165, 1.54) is 6.07 Å². The van der Waals surface area contributed by atoms with Crippen LogP contribution in [0.1, 0.15) is 38.2 Å². The lowest BCUT2D eigenvalue weighted by Gasteiger charge is -2.16. The highest BCUT2D eigenvalue weighted by Gasteiger charge is 2.20. The molecule has 1 rings (SSSR count). The Morgan fingerprint density at radius 2 is 2.04 bits per heavy atom. The Morgan fingerprint density at radius 3 is 2.65 bits per heavy atom. The van der Waals surface area contributed by atoms with Crippen molar-refractivity contribution >= 4 is 20.0 Å². The van der Waals surface area contributed by atoms with E-state index < -0.39 is 13.9 Å². The minimum Gasteiger partial charge on any atom is -0.404 e. The molecule has 0 saturated heterocycles. The van der Waals surface area contributed by atoms with E-state index in [4.69, 9.17) is 9.79 Å². The highest BCUT2D eigenvalue weighted by atomic mass is 31.2. The summed E-state index contributed by atoms with van der Waals surface area (Å²) in [5, 5.41) is 2.61. The van der Waals surface area contributed by atoms with Crippen LogP contribution in [0.5, 0.6) is 5.75 Å². The summed E-state index contributed by atoms with van der Waals surface area (Å²) in [7, 11) is -4.69. The van der Waals surface area contributed by atoms with Crippen LogP contribution in [0.4, 0.5) is 0 Å². The summed E-state index contributed by atoms with van der Waals surface area (Å²) >= 11 is 0. The van der Waals surface area contributed by atoms with E-state index in [-0.39, 0.29) is 18.1 Å². The molecule has 0 heterocycles. The SMILES string of the molecule is CCCCCC(=O)NC(C=O)Cc1ccccc1OP(=O)(O)O. The van der Waals surface area contributed by atoms with Crippen LogP contribution >= 0.6 is 7.82 Å². The molecule has 3 N–H and O–H groups in total. The van der Waals surface area contributed by atoms with Gasteiger partial charge in [-0.25, -0.2) is 4.57 Å². The molecule has 1 atom stereocenters. The fourth-order valence-corrected chi connectivity index (χ4v) is 2.51. The van der Waals surface area contributed by atoms with Crippen LogP contribution in [-0.4, -0.2) is 28.0 Å². The van der Waals surface area contributed by atoms with Crippen molar-refractivity contribution < 1.29 is 28.5 Å². The number of nitrogens with one attached hydrogen (secondary N) is 1. The van der Waals surface area contributed by atoms with E-state index in [1.807, 2.05) is 6.92 Å². The molecule has 7 nitrogen and oxygen atoms in total. The third-order valence-electron chi connectivity index (χ3n) is 3.15. The number of para-hydroxylation sites is 1. The van der Waals surface area contributed by atoms with Crippen LogP contribution in [0.3, 0.4) is 0 Å². The Labute approximate surface area is 135 Å². The minimum atomic E-state index is -4.69. The molecule has 0 bridgehead atoms. The zero-order chi connectivity index (χ0) is 17.3. The van der Waals surface area contributed by atoms with Gasteiger partial charge in [-0.1, -0.05) is 38.0 Å². The Bertz CT molecular complexity index is 571. The highest BCUT2D eigenvalue weighted by molar-refractivity contribution is 7.46. The van der Waals surface area contributed by atoms with Gasteiger partial charge in [-0.2, -0.15) is 0 Å². The second-order valence-electron chi connectivity index (χ2n) is 5.16. The highest BCUT2D eigenvalue weighted by Crippen LogP contribution is 2.39. The van der Waals surface area contributed by atoms with Gasteiger partial charge < -0.3 is 14.6 Å². The maximum absolute atomic E-state index is 11.8. The zero-order valence-electron chi connectivity index (χ0n) is 13.0. The molecule has 0 saturated carbocycles. The van der Waals surface area contributed by atoms with Crippen LogP contribution in [0.2, 0.25) is 0 Å². The smallest absolute Gasteiger partial charge is 0.404 e. The van der Waals surface area contributed by atoms with E-state index in [2.05, 4.69) is 9.84 Å². The van der Waals surface area contributed by atoms with Crippen molar-refractivity contribution in [3.05, 3.63) is 29.8 Å². The molecule has 0 aromatic heterocycles. The predicted molar refractivity (Wildman–Crippen MR) is 85.0 cm³/mol. The average molecular weight is 343 g/mol. The van der Waals surface area contributed by atoms with Gasteiger partial charge in [0.25, 0.3) is 0 Å². The lowest BCUT2D eigenvalue weighted by atomic mass is 10.1.